The number of hydrogen-bond donors (Lipinski definition) is 0. The predicted molar refractivity (Wildman–Crippen MR) is 215 cm³/mol. The lowest BCUT2D eigenvalue weighted by atomic mass is 9.87. The third-order valence-corrected chi connectivity index (χ3v) is 10.0. The minimum absolute atomic E-state index is 0.630. The van der Waals surface area contributed by atoms with Crippen molar-refractivity contribution in [3.63, 3.8) is 0 Å². The zero-order chi connectivity index (χ0) is 34.4. The fraction of sp³-hybridized carbons (Fsp3) is 0. The smallest absolute Gasteiger partial charge is 0.164 e. The van der Waals surface area contributed by atoms with Gasteiger partial charge in [-0.05, 0) is 77.5 Å². The summed E-state index contributed by atoms with van der Waals surface area (Å²) in [6, 6.07) is 59.8. The lowest BCUT2D eigenvalue weighted by Crippen LogP contribution is -2.00. The highest BCUT2D eigenvalue weighted by atomic mass is 15.0. The van der Waals surface area contributed by atoms with Gasteiger partial charge in [-0.15, -0.1) is 0 Å². The van der Waals surface area contributed by atoms with Gasteiger partial charge in [-0.1, -0.05) is 158 Å². The van der Waals surface area contributed by atoms with Gasteiger partial charge in [0.15, 0.2) is 17.5 Å². The third-order valence-electron chi connectivity index (χ3n) is 10.0. The standard InChI is InChI=1S/C48H30N4/c1-2-11-33(12-3-1)46-50-47(34-24-20-31(21-25-34)36-13-10-28-49-30-36)52-48(51-46)35-26-22-32(23-27-35)43-29-44-39-16-5-4-14-37(39)38-15-6-8-18-41(38)45(44)42-19-9-7-17-40(42)43/h1-30H. The molecule has 4 heteroatoms. The summed E-state index contributed by atoms with van der Waals surface area (Å²) in [6.07, 6.45) is 3.66. The first-order valence-electron chi connectivity index (χ1n) is 17.5. The van der Waals surface area contributed by atoms with Gasteiger partial charge in [0.05, 0.1) is 0 Å². The molecule has 8 aromatic carbocycles. The van der Waals surface area contributed by atoms with Crippen LogP contribution in [0.4, 0.5) is 0 Å². The Morgan fingerprint density at radius 3 is 1.29 bits per heavy atom. The van der Waals surface area contributed by atoms with Crippen molar-refractivity contribution >= 4 is 43.1 Å². The Hall–Kier alpha value is -7.04. The van der Waals surface area contributed by atoms with Crippen LogP contribution in [0, 0.1) is 0 Å². The number of pyridine rings is 1. The Morgan fingerprint density at radius 2 is 0.712 bits per heavy atom. The minimum Gasteiger partial charge on any atom is -0.264 e. The molecule has 0 unspecified atom stereocenters. The van der Waals surface area contributed by atoms with Crippen molar-refractivity contribution < 1.29 is 0 Å². The van der Waals surface area contributed by atoms with E-state index >= 15 is 0 Å². The van der Waals surface area contributed by atoms with Gasteiger partial charge in [0, 0.05) is 29.1 Å². The molecule has 0 saturated heterocycles. The van der Waals surface area contributed by atoms with E-state index < -0.39 is 0 Å². The summed E-state index contributed by atoms with van der Waals surface area (Å²) in [5.41, 5.74) is 7.29. The molecule has 2 heterocycles. The molecule has 0 spiro atoms. The van der Waals surface area contributed by atoms with E-state index in [-0.39, 0.29) is 0 Å². The van der Waals surface area contributed by atoms with E-state index in [0.29, 0.717) is 17.5 Å². The number of hydrogen-bond acceptors (Lipinski definition) is 4. The first-order valence-corrected chi connectivity index (χ1v) is 17.5. The maximum Gasteiger partial charge on any atom is 0.164 e. The molecule has 0 atom stereocenters. The fourth-order valence-electron chi connectivity index (χ4n) is 7.50. The molecule has 0 bridgehead atoms. The lowest BCUT2D eigenvalue weighted by Gasteiger charge is -2.16. The number of fused-ring (bicyclic) bond motifs is 8. The molecule has 0 fully saturated rings. The summed E-state index contributed by atoms with van der Waals surface area (Å²) < 4.78 is 0. The van der Waals surface area contributed by atoms with Gasteiger partial charge in [0.25, 0.3) is 0 Å². The predicted octanol–water partition coefficient (Wildman–Crippen LogP) is 12.2. The van der Waals surface area contributed by atoms with E-state index in [2.05, 4.69) is 138 Å². The summed E-state index contributed by atoms with van der Waals surface area (Å²) in [6.45, 7) is 0. The Bertz CT molecular complexity index is 2920. The molecule has 0 aliphatic carbocycles. The second-order valence-corrected chi connectivity index (χ2v) is 13.1. The number of nitrogens with zero attached hydrogens (tertiary/aromatic N) is 4. The molecular weight excluding hydrogens is 633 g/mol. The molecule has 10 aromatic rings. The molecular formula is C48H30N4. The van der Waals surface area contributed by atoms with Gasteiger partial charge in [0.2, 0.25) is 0 Å². The van der Waals surface area contributed by atoms with E-state index in [1.807, 2.05) is 42.6 Å². The molecule has 0 saturated carbocycles. The van der Waals surface area contributed by atoms with Crippen molar-refractivity contribution in [2.45, 2.75) is 0 Å². The molecule has 4 nitrogen and oxygen atoms in total. The molecule has 52 heavy (non-hydrogen) atoms. The Balaban J connectivity index is 1.11. The number of rotatable bonds is 5. The molecule has 0 aliphatic rings. The van der Waals surface area contributed by atoms with Crippen LogP contribution in [0.25, 0.3) is 99.5 Å². The summed E-state index contributed by atoms with van der Waals surface area (Å²) >= 11 is 0. The second-order valence-electron chi connectivity index (χ2n) is 13.1. The van der Waals surface area contributed by atoms with E-state index in [0.717, 1.165) is 33.4 Å². The average Bonchev–Trinajstić information content (AvgIpc) is 3.24. The van der Waals surface area contributed by atoms with Crippen LogP contribution in [0.15, 0.2) is 182 Å². The maximum atomic E-state index is 5.02. The van der Waals surface area contributed by atoms with Crippen LogP contribution in [0.5, 0.6) is 0 Å². The molecule has 2 aromatic heterocycles. The molecule has 0 radical (unpaired) electrons. The highest BCUT2D eigenvalue weighted by Crippen LogP contribution is 2.43. The minimum atomic E-state index is 0.630. The van der Waals surface area contributed by atoms with Crippen molar-refractivity contribution in [1.82, 2.24) is 19.9 Å². The second kappa shape index (κ2) is 12.4. The number of aromatic nitrogens is 4. The van der Waals surface area contributed by atoms with Gasteiger partial charge >= 0.3 is 0 Å². The van der Waals surface area contributed by atoms with Gasteiger partial charge in [-0.2, -0.15) is 0 Å². The average molecular weight is 663 g/mol. The normalized spacial score (nSPS) is 11.5. The van der Waals surface area contributed by atoms with Crippen molar-refractivity contribution in [2.75, 3.05) is 0 Å². The van der Waals surface area contributed by atoms with Crippen molar-refractivity contribution in [3.8, 4) is 56.4 Å². The SMILES string of the molecule is c1ccc(-c2nc(-c3ccc(-c4cccnc4)cc3)nc(-c3ccc(-c4cc5c6ccccc6c6ccccc6c5c5ccccc45)cc3)n2)cc1. The first-order chi connectivity index (χ1) is 25.8. The summed E-state index contributed by atoms with van der Waals surface area (Å²) in [5, 5.41) is 10.1. The van der Waals surface area contributed by atoms with E-state index in [1.165, 1.54) is 48.7 Å². The molecule has 10 rings (SSSR count). The van der Waals surface area contributed by atoms with Crippen LogP contribution in [0.1, 0.15) is 0 Å². The highest BCUT2D eigenvalue weighted by Gasteiger charge is 2.16. The first kappa shape index (κ1) is 29.8. The van der Waals surface area contributed by atoms with E-state index in [1.54, 1.807) is 6.20 Å². The zero-order valence-electron chi connectivity index (χ0n) is 28.1. The molecule has 242 valence electrons. The van der Waals surface area contributed by atoms with E-state index in [9.17, 15) is 0 Å². The van der Waals surface area contributed by atoms with Gasteiger partial charge in [0.1, 0.15) is 0 Å². The Kier molecular flexibility index (Phi) is 7.10. The fourth-order valence-corrected chi connectivity index (χ4v) is 7.50. The topological polar surface area (TPSA) is 51.6 Å². The summed E-state index contributed by atoms with van der Waals surface area (Å²) in [4.78, 5) is 19.2. The highest BCUT2D eigenvalue weighted by molar-refractivity contribution is 6.33. The van der Waals surface area contributed by atoms with Crippen LogP contribution in [-0.2, 0) is 0 Å². The van der Waals surface area contributed by atoms with Crippen molar-refractivity contribution in [2.24, 2.45) is 0 Å². The van der Waals surface area contributed by atoms with Crippen molar-refractivity contribution in [3.05, 3.63) is 182 Å². The van der Waals surface area contributed by atoms with Crippen molar-refractivity contribution in [1.29, 1.82) is 0 Å². The van der Waals surface area contributed by atoms with Crippen LogP contribution in [0.3, 0.4) is 0 Å². The van der Waals surface area contributed by atoms with Crippen LogP contribution < -0.4 is 0 Å². The summed E-state index contributed by atoms with van der Waals surface area (Å²) in [5.74, 6) is 1.90. The Labute approximate surface area is 300 Å². The lowest BCUT2D eigenvalue weighted by molar-refractivity contribution is 1.07. The Morgan fingerprint density at radius 1 is 0.288 bits per heavy atom. The third kappa shape index (κ3) is 5.09. The monoisotopic (exact) mass is 662 g/mol. The largest absolute Gasteiger partial charge is 0.264 e. The van der Waals surface area contributed by atoms with Gasteiger partial charge < -0.3 is 0 Å². The van der Waals surface area contributed by atoms with Crippen LogP contribution in [0.2, 0.25) is 0 Å². The molecule has 0 amide bonds. The van der Waals surface area contributed by atoms with Gasteiger partial charge in [-0.25, -0.2) is 15.0 Å². The molecule has 0 aliphatic heterocycles. The summed E-state index contributed by atoms with van der Waals surface area (Å²) in [7, 11) is 0. The maximum absolute atomic E-state index is 5.02. The van der Waals surface area contributed by atoms with Gasteiger partial charge in [-0.3, -0.25) is 4.98 Å². The molecule has 0 N–H and O–H groups in total. The van der Waals surface area contributed by atoms with E-state index in [4.69, 9.17) is 15.0 Å². The van der Waals surface area contributed by atoms with Crippen LogP contribution in [-0.4, -0.2) is 19.9 Å². The zero-order valence-corrected chi connectivity index (χ0v) is 28.1. The quantitative estimate of drug-likeness (QED) is 0.172. The van der Waals surface area contributed by atoms with Crippen LogP contribution >= 0.6 is 0 Å². The number of benzene rings is 8.